The lowest BCUT2D eigenvalue weighted by Gasteiger charge is -2.27. The monoisotopic (exact) mass is 365 g/mol. The summed E-state index contributed by atoms with van der Waals surface area (Å²) in [4.78, 5) is 24.1. The third-order valence-corrected chi connectivity index (χ3v) is 6.00. The number of primary amides is 1. The zero-order valence-electron chi connectivity index (χ0n) is 15.2. The quantitative estimate of drug-likeness (QED) is 0.406. The molecule has 0 bridgehead atoms. The fraction of sp³-hybridized carbons (Fsp3) is 0.867. The molecule has 24 heavy (non-hydrogen) atoms. The summed E-state index contributed by atoms with van der Waals surface area (Å²) in [5.74, 6) is -3.55. The van der Waals surface area contributed by atoms with Gasteiger partial charge in [-0.15, -0.1) is 0 Å². The van der Waals surface area contributed by atoms with Gasteiger partial charge in [0.1, 0.15) is 6.10 Å². The number of amides is 1. The molecule has 0 unspecified atom stereocenters. The van der Waals surface area contributed by atoms with E-state index in [1.165, 1.54) is 0 Å². The maximum Gasteiger partial charge on any atom is 0.337 e. The number of hydrogen-bond acceptors (Lipinski definition) is 7. The standard InChI is InChI=1S/C15H28N2O6S/c1-3-5-12(6-4-2)24(20,21)10-15(17,13(16)18)14(19)23-11-7-8-22-9-11/h11-12H,3-10,17H2,1-2H3,(H2,16,18)/t11-,15-/m0/s1/i12D. The Morgan fingerprint density at radius 2 is 1.96 bits per heavy atom. The molecule has 0 aromatic rings. The lowest BCUT2D eigenvalue weighted by atomic mass is 10.0. The number of sulfone groups is 1. The Bertz CT molecular complexity index is 585. The van der Waals surface area contributed by atoms with E-state index in [1.807, 2.05) is 0 Å². The van der Waals surface area contributed by atoms with Crippen LogP contribution in [0.2, 0.25) is 0 Å². The smallest absolute Gasteiger partial charge is 0.337 e. The normalized spacial score (nSPS) is 21.8. The Hall–Kier alpha value is -1.19. The highest BCUT2D eigenvalue weighted by molar-refractivity contribution is 7.92. The fourth-order valence-corrected chi connectivity index (χ4v) is 4.58. The number of rotatable bonds is 10. The average molecular weight is 365 g/mol. The molecule has 0 aromatic carbocycles. The van der Waals surface area contributed by atoms with Crippen molar-refractivity contribution in [1.82, 2.24) is 0 Å². The largest absolute Gasteiger partial charge is 0.458 e. The van der Waals surface area contributed by atoms with Crippen LogP contribution < -0.4 is 11.5 Å². The van der Waals surface area contributed by atoms with Gasteiger partial charge in [-0.3, -0.25) is 4.79 Å². The van der Waals surface area contributed by atoms with Crippen LogP contribution >= 0.6 is 0 Å². The van der Waals surface area contributed by atoms with Gasteiger partial charge in [-0.2, -0.15) is 0 Å². The molecule has 140 valence electrons. The lowest BCUT2D eigenvalue weighted by Crippen LogP contribution is -2.64. The van der Waals surface area contributed by atoms with Gasteiger partial charge in [-0.05, 0) is 12.8 Å². The van der Waals surface area contributed by atoms with E-state index in [2.05, 4.69) is 0 Å². The molecule has 0 spiro atoms. The van der Waals surface area contributed by atoms with E-state index in [0.29, 0.717) is 25.9 Å². The second-order valence-electron chi connectivity index (χ2n) is 6.02. The highest BCUT2D eigenvalue weighted by atomic mass is 32.2. The van der Waals surface area contributed by atoms with Crippen LogP contribution in [0, 0.1) is 0 Å². The van der Waals surface area contributed by atoms with Crippen LogP contribution in [0.15, 0.2) is 0 Å². The first-order valence-electron chi connectivity index (χ1n) is 8.62. The maximum absolute atomic E-state index is 12.8. The van der Waals surface area contributed by atoms with Crippen molar-refractivity contribution in [2.45, 2.75) is 62.8 Å². The molecule has 1 amide bonds. The lowest BCUT2D eigenvalue weighted by molar-refractivity contribution is -0.157. The number of nitrogens with two attached hydrogens (primary N) is 2. The summed E-state index contributed by atoms with van der Waals surface area (Å²) >= 11 is 0. The topological polar surface area (TPSA) is 139 Å². The third kappa shape index (κ3) is 5.15. The molecular formula is C15H28N2O6S. The van der Waals surface area contributed by atoms with Crippen molar-refractivity contribution in [3.63, 3.8) is 0 Å². The van der Waals surface area contributed by atoms with E-state index in [-0.39, 0.29) is 19.4 Å². The summed E-state index contributed by atoms with van der Waals surface area (Å²) in [7, 11) is -4.22. The van der Waals surface area contributed by atoms with Gasteiger partial charge in [0.25, 0.3) is 0 Å². The Balaban J connectivity index is 3.08. The van der Waals surface area contributed by atoms with Crippen LogP contribution in [0.1, 0.15) is 47.3 Å². The predicted molar refractivity (Wildman–Crippen MR) is 88.8 cm³/mol. The molecule has 1 saturated heterocycles. The second-order valence-corrected chi connectivity index (χ2v) is 8.12. The minimum Gasteiger partial charge on any atom is -0.458 e. The fourth-order valence-electron chi connectivity index (χ4n) is 2.49. The molecule has 2 atom stereocenters. The van der Waals surface area contributed by atoms with Gasteiger partial charge in [-0.25, -0.2) is 13.2 Å². The summed E-state index contributed by atoms with van der Waals surface area (Å²) in [6.07, 6.45) is 0.903. The van der Waals surface area contributed by atoms with Crippen molar-refractivity contribution >= 4 is 21.7 Å². The summed E-state index contributed by atoms with van der Waals surface area (Å²) in [5.41, 5.74) is 8.48. The molecule has 1 aliphatic rings. The van der Waals surface area contributed by atoms with E-state index in [4.69, 9.17) is 22.3 Å². The maximum atomic E-state index is 12.8. The molecule has 1 rings (SSSR count). The number of carbonyl (C=O) groups excluding carboxylic acids is 2. The van der Waals surface area contributed by atoms with Crippen LogP contribution in [-0.2, 0) is 28.9 Å². The van der Waals surface area contributed by atoms with Crippen molar-refractivity contribution in [3.8, 4) is 0 Å². The molecule has 1 heterocycles. The molecule has 0 radical (unpaired) electrons. The summed E-state index contributed by atoms with van der Waals surface area (Å²) in [6.45, 7) is 4.06. The minimum atomic E-state index is -4.22. The van der Waals surface area contributed by atoms with Crippen molar-refractivity contribution in [1.29, 1.82) is 0 Å². The molecule has 1 aliphatic heterocycles. The molecule has 0 aromatic heterocycles. The van der Waals surface area contributed by atoms with Crippen LogP contribution in [-0.4, -0.2) is 56.1 Å². The van der Waals surface area contributed by atoms with Gasteiger partial charge in [0, 0.05) is 7.79 Å². The minimum absolute atomic E-state index is 0.0729. The molecular weight excluding hydrogens is 336 g/mol. The van der Waals surface area contributed by atoms with E-state index >= 15 is 0 Å². The number of ether oxygens (including phenoxy) is 2. The van der Waals surface area contributed by atoms with Crippen LogP contribution in [0.5, 0.6) is 0 Å². The van der Waals surface area contributed by atoms with E-state index in [1.54, 1.807) is 13.8 Å². The van der Waals surface area contributed by atoms with Gasteiger partial charge in [-0.1, -0.05) is 26.7 Å². The number of esters is 1. The van der Waals surface area contributed by atoms with Crippen molar-refractivity contribution < 1.29 is 28.9 Å². The molecule has 4 N–H and O–H groups in total. The Kier molecular flexibility index (Phi) is 7.00. The average Bonchev–Trinajstić information content (AvgIpc) is 2.99. The first kappa shape index (κ1) is 19.1. The predicted octanol–water partition coefficient (Wildman–Crippen LogP) is -0.115. The van der Waals surface area contributed by atoms with Crippen molar-refractivity contribution in [3.05, 3.63) is 0 Å². The van der Waals surface area contributed by atoms with Gasteiger partial charge >= 0.3 is 5.97 Å². The molecule has 9 heteroatoms. The Morgan fingerprint density at radius 3 is 2.38 bits per heavy atom. The van der Waals surface area contributed by atoms with Crippen molar-refractivity contribution in [2.75, 3.05) is 19.0 Å². The first-order valence-corrected chi connectivity index (χ1v) is 9.77. The summed E-state index contributed by atoms with van der Waals surface area (Å²) in [5, 5.41) is -1.83. The van der Waals surface area contributed by atoms with Crippen LogP contribution in [0.3, 0.4) is 0 Å². The van der Waals surface area contributed by atoms with Crippen LogP contribution in [0.25, 0.3) is 0 Å². The highest BCUT2D eigenvalue weighted by Gasteiger charge is 2.48. The van der Waals surface area contributed by atoms with Gasteiger partial charge in [0.05, 0.1) is 24.2 Å². The van der Waals surface area contributed by atoms with Gasteiger partial charge in [0.15, 0.2) is 9.84 Å². The van der Waals surface area contributed by atoms with E-state index in [9.17, 15) is 18.0 Å². The van der Waals surface area contributed by atoms with Gasteiger partial charge < -0.3 is 20.9 Å². The molecule has 0 aliphatic carbocycles. The third-order valence-electron chi connectivity index (χ3n) is 3.88. The van der Waals surface area contributed by atoms with E-state index in [0.717, 1.165) is 0 Å². The highest BCUT2D eigenvalue weighted by Crippen LogP contribution is 2.21. The summed E-state index contributed by atoms with van der Waals surface area (Å²) in [6, 6.07) is 0. The SMILES string of the molecule is [2H]C(CCC)(CCC)S(=O)(=O)C[C@](N)(C(N)=O)C(=O)O[C@H]1CCOC1. The summed E-state index contributed by atoms with van der Waals surface area (Å²) < 4.78 is 44.1. The number of carbonyl (C=O) groups is 2. The van der Waals surface area contributed by atoms with Crippen LogP contribution in [0.4, 0.5) is 0 Å². The van der Waals surface area contributed by atoms with E-state index < -0.39 is 44.3 Å². The Labute approximate surface area is 144 Å². The van der Waals surface area contributed by atoms with Gasteiger partial charge in [0.2, 0.25) is 11.4 Å². The molecule has 1 fully saturated rings. The van der Waals surface area contributed by atoms with Crippen molar-refractivity contribution in [2.24, 2.45) is 11.5 Å². The molecule has 8 nitrogen and oxygen atoms in total. The first-order chi connectivity index (χ1) is 11.5. The number of hydrogen-bond donors (Lipinski definition) is 2. The molecule has 0 saturated carbocycles. The second kappa shape index (κ2) is 8.77. The zero-order chi connectivity index (χ0) is 19.3. The zero-order valence-corrected chi connectivity index (χ0v) is 15.1. The Morgan fingerprint density at radius 1 is 1.38 bits per heavy atom.